The number of anilines is 4. The van der Waals surface area contributed by atoms with Gasteiger partial charge in [-0.2, -0.15) is 0 Å². The number of carbonyl (C=O) groups is 3. The van der Waals surface area contributed by atoms with Gasteiger partial charge in [0.1, 0.15) is 0 Å². The zero-order valence-electron chi connectivity index (χ0n) is 17.4. The molecule has 3 rings (SSSR count). The van der Waals surface area contributed by atoms with E-state index < -0.39 is 15.9 Å². The SMILES string of the molecule is CC(=O)Nc1ccc(NS(C)(=O)=O)c(C(=O)Nc2ccc(N3CCNC(=O)C3)c(Cl)c2)c1. The Bertz CT molecular complexity index is 1180. The number of sulfonamides is 1. The number of nitrogens with zero attached hydrogens (tertiary/aromatic N) is 1. The smallest absolute Gasteiger partial charge is 0.257 e. The van der Waals surface area contributed by atoms with E-state index in [2.05, 4.69) is 20.7 Å². The first-order valence-corrected chi connectivity index (χ1v) is 11.8. The molecule has 0 bridgehead atoms. The Balaban J connectivity index is 1.86. The monoisotopic (exact) mass is 479 g/mol. The molecule has 0 aliphatic carbocycles. The molecule has 2 aromatic rings. The van der Waals surface area contributed by atoms with Gasteiger partial charge in [0.2, 0.25) is 21.8 Å². The molecule has 10 nitrogen and oxygen atoms in total. The standard InChI is InChI=1S/C20H22ClN5O5S/c1-12(27)23-13-3-5-17(25-32(2,30)31)15(9-13)20(29)24-14-4-6-18(16(21)10-14)26-8-7-22-19(28)11-26/h3-6,9-10,25H,7-8,11H2,1-2H3,(H,22,28)(H,23,27)(H,24,29). The molecule has 0 atom stereocenters. The van der Waals surface area contributed by atoms with Crippen molar-refractivity contribution in [2.45, 2.75) is 6.92 Å². The first-order chi connectivity index (χ1) is 15.0. The van der Waals surface area contributed by atoms with Crippen molar-refractivity contribution >= 4 is 62.1 Å². The first kappa shape index (κ1) is 23.4. The molecule has 1 aliphatic heterocycles. The Morgan fingerprint density at radius 1 is 1.09 bits per heavy atom. The summed E-state index contributed by atoms with van der Waals surface area (Å²) in [4.78, 5) is 37.7. The highest BCUT2D eigenvalue weighted by atomic mass is 35.5. The molecule has 0 spiro atoms. The summed E-state index contributed by atoms with van der Waals surface area (Å²) in [7, 11) is -3.65. The van der Waals surface area contributed by atoms with E-state index in [0.29, 0.717) is 35.2 Å². The van der Waals surface area contributed by atoms with Crippen molar-refractivity contribution in [3.8, 4) is 0 Å². The fourth-order valence-electron chi connectivity index (χ4n) is 3.19. The topological polar surface area (TPSA) is 137 Å². The number of benzene rings is 2. The number of rotatable bonds is 6. The van der Waals surface area contributed by atoms with Crippen LogP contribution in [0.25, 0.3) is 0 Å². The van der Waals surface area contributed by atoms with Crippen LogP contribution in [-0.4, -0.2) is 52.0 Å². The zero-order chi connectivity index (χ0) is 23.5. The van der Waals surface area contributed by atoms with Gasteiger partial charge in [-0.1, -0.05) is 11.6 Å². The zero-order valence-corrected chi connectivity index (χ0v) is 18.9. The number of piperazine rings is 1. The Hall–Kier alpha value is -3.31. The summed E-state index contributed by atoms with van der Waals surface area (Å²) in [5, 5.41) is 8.32. The number of hydrogen-bond donors (Lipinski definition) is 4. The molecule has 0 radical (unpaired) electrons. The van der Waals surface area contributed by atoms with Crippen LogP contribution < -0.4 is 25.6 Å². The number of carbonyl (C=O) groups excluding carboxylic acids is 3. The Kier molecular flexibility index (Phi) is 6.90. The van der Waals surface area contributed by atoms with Crippen LogP contribution >= 0.6 is 11.6 Å². The van der Waals surface area contributed by atoms with Gasteiger partial charge in [-0.3, -0.25) is 19.1 Å². The molecule has 1 aliphatic rings. The van der Waals surface area contributed by atoms with Crippen molar-refractivity contribution in [3.63, 3.8) is 0 Å². The largest absolute Gasteiger partial charge is 0.359 e. The molecule has 0 saturated carbocycles. The van der Waals surface area contributed by atoms with Gasteiger partial charge in [0.05, 0.1) is 34.8 Å². The van der Waals surface area contributed by atoms with Gasteiger partial charge in [-0.05, 0) is 36.4 Å². The molecular weight excluding hydrogens is 458 g/mol. The van der Waals surface area contributed by atoms with Crippen LogP contribution in [-0.2, 0) is 19.6 Å². The van der Waals surface area contributed by atoms with Crippen LogP contribution in [0.15, 0.2) is 36.4 Å². The number of hydrogen-bond acceptors (Lipinski definition) is 6. The summed E-state index contributed by atoms with van der Waals surface area (Å²) in [5.74, 6) is -1.05. The average molecular weight is 480 g/mol. The molecule has 170 valence electrons. The fourth-order valence-corrected chi connectivity index (χ4v) is 4.06. The second kappa shape index (κ2) is 9.45. The minimum absolute atomic E-state index is 0.00887. The van der Waals surface area contributed by atoms with Crippen molar-refractivity contribution in [2.75, 3.05) is 46.1 Å². The lowest BCUT2D eigenvalue weighted by atomic mass is 10.1. The van der Waals surface area contributed by atoms with Crippen molar-refractivity contribution in [3.05, 3.63) is 47.0 Å². The number of halogens is 1. The van der Waals surface area contributed by atoms with Crippen LogP contribution in [0.4, 0.5) is 22.7 Å². The van der Waals surface area contributed by atoms with Crippen molar-refractivity contribution < 1.29 is 22.8 Å². The summed E-state index contributed by atoms with van der Waals surface area (Å²) in [6.07, 6.45) is 0.968. The van der Waals surface area contributed by atoms with Crippen molar-refractivity contribution in [2.24, 2.45) is 0 Å². The van der Waals surface area contributed by atoms with E-state index in [4.69, 9.17) is 11.6 Å². The molecule has 1 fully saturated rings. The molecule has 4 N–H and O–H groups in total. The summed E-state index contributed by atoms with van der Waals surface area (Å²) >= 11 is 6.38. The van der Waals surface area contributed by atoms with Gasteiger partial charge in [-0.15, -0.1) is 0 Å². The highest BCUT2D eigenvalue weighted by Gasteiger charge is 2.20. The minimum atomic E-state index is -3.65. The highest BCUT2D eigenvalue weighted by molar-refractivity contribution is 7.92. The molecule has 2 aromatic carbocycles. The van der Waals surface area contributed by atoms with Gasteiger partial charge in [0.15, 0.2) is 0 Å². The van der Waals surface area contributed by atoms with E-state index in [1.807, 2.05) is 4.90 Å². The van der Waals surface area contributed by atoms with Gasteiger partial charge in [-0.25, -0.2) is 8.42 Å². The van der Waals surface area contributed by atoms with Crippen LogP contribution in [0.5, 0.6) is 0 Å². The predicted octanol–water partition coefficient (Wildman–Crippen LogP) is 1.86. The summed E-state index contributed by atoms with van der Waals surface area (Å²) in [6.45, 7) is 2.61. The molecule has 1 saturated heterocycles. The maximum atomic E-state index is 12.9. The Morgan fingerprint density at radius 3 is 2.41 bits per heavy atom. The van der Waals surface area contributed by atoms with E-state index in [0.717, 1.165) is 6.26 Å². The van der Waals surface area contributed by atoms with Gasteiger partial charge < -0.3 is 20.9 Å². The summed E-state index contributed by atoms with van der Waals surface area (Å²) < 4.78 is 25.7. The summed E-state index contributed by atoms with van der Waals surface area (Å²) in [6, 6.07) is 9.10. The van der Waals surface area contributed by atoms with Crippen LogP contribution in [0.1, 0.15) is 17.3 Å². The Labute approximate surface area is 190 Å². The third-order valence-electron chi connectivity index (χ3n) is 4.46. The lowest BCUT2D eigenvalue weighted by Gasteiger charge is -2.29. The van der Waals surface area contributed by atoms with E-state index >= 15 is 0 Å². The van der Waals surface area contributed by atoms with Gasteiger partial charge in [0.25, 0.3) is 5.91 Å². The van der Waals surface area contributed by atoms with Crippen LogP contribution in [0, 0.1) is 0 Å². The van der Waals surface area contributed by atoms with Gasteiger partial charge in [0, 0.05) is 31.4 Å². The molecule has 0 unspecified atom stereocenters. The first-order valence-electron chi connectivity index (χ1n) is 9.54. The molecular formula is C20H22ClN5O5S. The molecule has 0 aromatic heterocycles. The lowest BCUT2D eigenvalue weighted by Crippen LogP contribution is -2.47. The second-order valence-corrected chi connectivity index (χ2v) is 9.36. The van der Waals surface area contributed by atoms with Crippen molar-refractivity contribution in [1.82, 2.24) is 5.32 Å². The van der Waals surface area contributed by atoms with Gasteiger partial charge >= 0.3 is 0 Å². The highest BCUT2D eigenvalue weighted by Crippen LogP contribution is 2.30. The maximum absolute atomic E-state index is 12.9. The number of nitrogens with one attached hydrogen (secondary N) is 4. The Morgan fingerprint density at radius 2 is 1.78 bits per heavy atom. The predicted molar refractivity (Wildman–Crippen MR) is 124 cm³/mol. The molecule has 3 amide bonds. The maximum Gasteiger partial charge on any atom is 0.257 e. The van der Waals surface area contributed by atoms with E-state index in [1.54, 1.807) is 18.2 Å². The normalized spacial score (nSPS) is 13.8. The van der Waals surface area contributed by atoms with Crippen LogP contribution in [0.2, 0.25) is 5.02 Å². The fraction of sp³-hybridized carbons (Fsp3) is 0.250. The minimum Gasteiger partial charge on any atom is -0.359 e. The number of amides is 3. The van der Waals surface area contributed by atoms with Crippen LogP contribution in [0.3, 0.4) is 0 Å². The van der Waals surface area contributed by atoms with Crippen molar-refractivity contribution in [1.29, 1.82) is 0 Å². The van der Waals surface area contributed by atoms with E-state index in [-0.39, 0.29) is 29.6 Å². The third kappa shape index (κ3) is 6.11. The molecule has 12 heteroatoms. The van der Waals surface area contributed by atoms with E-state index in [1.165, 1.54) is 25.1 Å². The molecule has 1 heterocycles. The average Bonchev–Trinajstić information content (AvgIpc) is 2.67. The third-order valence-corrected chi connectivity index (χ3v) is 5.36. The second-order valence-electron chi connectivity index (χ2n) is 7.21. The molecule has 32 heavy (non-hydrogen) atoms. The summed E-state index contributed by atoms with van der Waals surface area (Å²) in [5.41, 5.74) is 1.43. The lowest BCUT2D eigenvalue weighted by molar-refractivity contribution is -0.120. The van der Waals surface area contributed by atoms with E-state index in [9.17, 15) is 22.8 Å². The quantitative estimate of drug-likeness (QED) is 0.499.